The summed E-state index contributed by atoms with van der Waals surface area (Å²) in [6, 6.07) is 2.16. The van der Waals surface area contributed by atoms with Crippen LogP contribution in [0.3, 0.4) is 0 Å². The zero-order valence-electron chi connectivity index (χ0n) is 11.3. The lowest BCUT2D eigenvalue weighted by Crippen LogP contribution is -2.38. The van der Waals surface area contributed by atoms with E-state index in [0.29, 0.717) is 17.7 Å². The summed E-state index contributed by atoms with van der Waals surface area (Å²) in [7, 11) is 0. The van der Waals surface area contributed by atoms with Gasteiger partial charge in [0.05, 0.1) is 0 Å². The molecule has 1 aliphatic rings. The van der Waals surface area contributed by atoms with Crippen molar-refractivity contribution in [1.29, 1.82) is 0 Å². The predicted octanol–water partition coefficient (Wildman–Crippen LogP) is 1.65. The van der Waals surface area contributed by atoms with Crippen LogP contribution in [0.2, 0.25) is 0 Å². The van der Waals surface area contributed by atoms with Gasteiger partial charge < -0.3 is 16.0 Å². The van der Waals surface area contributed by atoms with Crippen molar-refractivity contribution < 1.29 is 0 Å². The summed E-state index contributed by atoms with van der Waals surface area (Å²) in [6.45, 7) is 7.54. The summed E-state index contributed by atoms with van der Waals surface area (Å²) >= 11 is 0. The van der Waals surface area contributed by atoms with Gasteiger partial charge in [-0.15, -0.1) is 0 Å². The number of aromatic nitrogens is 2. The van der Waals surface area contributed by atoms with Crippen LogP contribution in [0.25, 0.3) is 0 Å². The molecule has 0 saturated carbocycles. The Morgan fingerprint density at radius 3 is 2.72 bits per heavy atom. The van der Waals surface area contributed by atoms with E-state index in [0.717, 1.165) is 12.4 Å². The molecule has 0 aliphatic carbocycles. The molecule has 1 saturated heterocycles. The minimum atomic E-state index is 0.372. The normalized spacial score (nSPS) is 18.6. The summed E-state index contributed by atoms with van der Waals surface area (Å²) in [5.41, 5.74) is 5.72. The number of nitrogens with two attached hydrogens (primary N) is 1. The fourth-order valence-corrected chi connectivity index (χ4v) is 2.49. The summed E-state index contributed by atoms with van der Waals surface area (Å²) in [4.78, 5) is 10.9. The third-order valence-corrected chi connectivity index (χ3v) is 3.23. The zero-order chi connectivity index (χ0) is 13.0. The number of rotatable bonds is 4. The van der Waals surface area contributed by atoms with Crippen molar-refractivity contribution in [3.8, 4) is 0 Å². The molecule has 2 rings (SSSR count). The molecule has 18 heavy (non-hydrogen) atoms. The Bertz CT molecular complexity index is 367. The first-order valence-corrected chi connectivity index (χ1v) is 6.73. The van der Waals surface area contributed by atoms with Gasteiger partial charge in [-0.05, 0) is 39.8 Å². The zero-order valence-corrected chi connectivity index (χ0v) is 11.3. The first kappa shape index (κ1) is 13.1. The second kappa shape index (κ2) is 6.00. The third-order valence-electron chi connectivity index (χ3n) is 3.23. The molecular weight excluding hydrogens is 226 g/mol. The standard InChI is InChI=1S/C13H23N5/c1-10(9-18-6-4-3-5-7-18)15-13-8-12(14)16-11(2)17-13/h8,10H,3-7,9H2,1-2H3,(H3,14,15,16,17). The largest absolute Gasteiger partial charge is 0.384 e. The molecule has 1 aliphatic heterocycles. The van der Waals surface area contributed by atoms with Gasteiger partial charge in [0.1, 0.15) is 17.5 Å². The lowest BCUT2D eigenvalue weighted by molar-refractivity contribution is 0.223. The highest BCUT2D eigenvalue weighted by molar-refractivity contribution is 5.45. The number of nitrogens with one attached hydrogen (secondary N) is 1. The highest BCUT2D eigenvalue weighted by Crippen LogP contribution is 2.12. The molecule has 0 spiro atoms. The maximum Gasteiger partial charge on any atom is 0.132 e. The smallest absolute Gasteiger partial charge is 0.132 e. The fraction of sp³-hybridized carbons (Fsp3) is 0.692. The summed E-state index contributed by atoms with van der Waals surface area (Å²) in [6.07, 6.45) is 4.03. The number of piperidine rings is 1. The lowest BCUT2D eigenvalue weighted by atomic mass is 10.1. The molecule has 1 fully saturated rings. The summed E-state index contributed by atoms with van der Waals surface area (Å²) in [5, 5.41) is 3.40. The van der Waals surface area contributed by atoms with Crippen molar-refractivity contribution >= 4 is 11.6 Å². The highest BCUT2D eigenvalue weighted by atomic mass is 15.2. The fourth-order valence-electron chi connectivity index (χ4n) is 2.49. The van der Waals surface area contributed by atoms with Gasteiger partial charge >= 0.3 is 0 Å². The first-order valence-electron chi connectivity index (χ1n) is 6.73. The molecule has 1 unspecified atom stereocenters. The number of nitrogens with zero attached hydrogens (tertiary/aromatic N) is 3. The van der Waals surface area contributed by atoms with Crippen LogP contribution in [0, 0.1) is 6.92 Å². The molecule has 100 valence electrons. The molecule has 1 aromatic rings. The van der Waals surface area contributed by atoms with Gasteiger partial charge in [0.2, 0.25) is 0 Å². The minimum Gasteiger partial charge on any atom is -0.384 e. The average molecular weight is 249 g/mol. The van der Waals surface area contributed by atoms with Crippen molar-refractivity contribution in [3.63, 3.8) is 0 Å². The van der Waals surface area contributed by atoms with E-state index in [9.17, 15) is 0 Å². The van der Waals surface area contributed by atoms with Crippen molar-refractivity contribution in [2.24, 2.45) is 0 Å². The molecular formula is C13H23N5. The van der Waals surface area contributed by atoms with Gasteiger partial charge in [-0.25, -0.2) is 9.97 Å². The van der Waals surface area contributed by atoms with Gasteiger partial charge in [0.15, 0.2) is 0 Å². The molecule has 5 heteroatoms. The van der Waals surface area contributed by atoms with Crippen molar-refractivity contribution in [2.45, 2.75) is 39.2 Å². The Balaban J connectivity index is 1.87. The second-order valence-corrected chi connectivity index (χ2v) is 5.13. The van der Waals surface area contributed by atoms with Crippen molar-refractivity contribution in [2.75, 3.05) is 30.7 Å². The molecule has 0 aromatic carbocycles. The van der Waals surface area contributed by atoms with Gasteiger partial charge in [-0.1, -0.05) is 6.42 Å². The van der Waals surface area contributed by atoms with E-state index in [1.54, 1.807) is 6.07 Å². The number of hydrogen-bond acceptors (Lipinski definition) is 5. The van der Waals surface area contributed by atoms with Crippen molar-refractivity contribution in [1.82, 2.24) is 14.9 Å². The Hall–Kier alpha value is -1.36. The van der Waals surface area contributed by atoms with Crippen LogP contribution in [0.15, 0.2) is 6.07 Å². The first-order chi connectivity index (χ1) is 8.63. The molecule has 1 atom stereocenters. The van der Waals surface area contributed by atoms with Gasteiger partial charge in [0.25, 0.3) is 0 Å². The minimum absolute atomic E-state index is 0.372. The van der Waals surface area contributed by atoms with Crippen LogP contribution in [-0.2, 0) is 0 Å². The third kappa shape index (κ3) is 3.84. The number of nitrogen functional groups attached to an aromatic ring is 1. The maximum atomic E-state index is 5.72. The average Bonchev–Trinajstić information content (AvgIpc) is 2.28. The molecule has 0 amide bonds. The topological polar surface area (TPSA) is 67.1 Å². The van der Waals surface area contributed by atoms with Gasteiger partial charge in [0, 0.05) is 18.7 Å². The predicted molar refractivity (Wildman–Crippen MR) is 74.6 cm³/mol. The molecule has 5 nitrogen and oxygen atoms in total. The van der Waals surface area contributed by atoms with Gasteiger partial charge in [-0.3, -0.25) is 0 Å². The number of aryl methyl sites for hydroxylation is 1. The van der Waals surface area contributed by atoms with Crippen LogP contribution in [0.1, 0.15) is 32.0 Å². The Labute approximate surface area is 109 Å². The number of likely N-dealkylation sites (tertiary alicyclic amines) is 1. The molecule has 0 radical (unpaired) electrons. The monoisotopic (exact) mass is 249 g/mol. The summed E-state index contributed by atoms with van der Waals surface area (Å²) in [5.74, 6) is 2.06. The van der Waals surface area contributed by atoms with Crippen LogP contribution in [0.5, 0.6) is 0 Å². The number of anilines is 2. The Morgan fingerprint density at radius 2 is 2.06 bits per heavy atom. The van der Waals surface area contributed by atoms with Crippen LogP contribution in [-0.4, -0.2) is 40.5 Å². The Kier molecular flexibility index (Phi) is 4.36. The van der Waals surface area contributed by atoms with E-state index in [4.69, 9.17) is 5.73 Å². The highest BCUT2D eigenvalue weighted by Gasteiger charge is 2.13. The van der Waals surface area contributed by atoms with E-state index in [-0.39, 0.29) is 0 Å². The van der Waals surface area contributed by atoms with E-state index in [1.165, 1.54) is 32.4 Å². The van der Waals surface area contributed by atoms with Gasteiger partial charge in [-0.2, -0.15) is 0 Å². The summed E-state index contributed by atoms with van der Waals surface area (Å²) < 4.78 is 0. The SMILES string of the molecule is Cc1nc(N)cc(NC(C)CN2CCCCC2)n1. The van der Waals surface area contributed by atoms with Crippen LogP contribution < -0.4 is 11.1 Å². The van der Waals surface area contributed by atoms with Crippen molar-refractivity contribution in [3.05, 3.63) is 11.9 Å². The van der Waals surface area contributed by atoms with E-state index >= 15 is 0 Å². The quantitative estimate of drug-likeness (QED) is 0.849. The molecule has 3 N–H and O–H groups in total. The lowest BCUT2D eigenvalue weighted by Gasteiger charge is -2.29. The second-order valence-electron chi connectivity index (χ2n) is 5.13. The van der Waals surface area contributed by atoms with E-state index in [1.807, 2.05) is 6.92 Å². The Morgan fingerprint density at radius 1 is 1.33 bits per heavy atom. The molecule has 0 bridgehead atoms. The van der Waals surface area contributed by atoms with Crippen LogP contribution in [0.4, 0.5) is 11.6 Å². The molecule has 1 aromatic heterocycles. The van der Waals surface area contributed by atoms with E-state index in [2.05, 4.69) is 27.1 Å². The maximum absolute atomic E-state index is 5.72. The van der Waals surface area contributed by atoms with Crippen LogP contribution >= 0.6 is 0 Å². The van der Waals surface area contributed by atoms with E-state index < -0.39 is 0 Å². The number of hydrogen-bond donors (Lipinski definition) is 2. The molecule has 2 heterocycles.